The van der Waals surface area contributed by atoms with Crippen LogP contribution in [0.3, 0.4) is 0 Å². The zero-order chi connectivity index (χ0) is 18.9. The molecule has 138 valence electrons. The van der Waals surface area contributed by atoms with Crippen molar-refractivity contribution in [1.82, 2.24) is 10.6 Å². The molecule has 0 saturated carbocycles. The molecule has 0 saturated heterocycles. The van der Waals surface area contributed by atoms with Gasteiger partial charge in [-0.25, -0.2) is 0 Å². The predicted molar refractivity (Wildman–Crippen MR) is 99.1 cm³/mol. The average Bonchev–Trinajstić information content (AvgIpc) is 2.56. The molecule has 0 aliphatic heterocycles. The minimum atomic E-state index is -0.233. The molecule has 0 atom stereocenters. The molecule has 0 radical (unpaired) electrons. The van der Waals surface area contributed by atoms with E-state index in [1.54, 1.807) is 12.1 Å². The number of nitrogens with one attached hydrogen (secondary N) is 3. The number of rotatable bonds is 10. The SMILES string of the molecule is CCCC[N+](C)(C)CC(=O)NCC(=O)NCc1ccc(C(=N)N)cc1. The highest BCUT2D eigenvalue weighted by molar-refractivity contribution is 5.94. The lowest BCUT2D eigenvalue weighted by atomic mass is 10.1. The zero-order valence-electron chi connectivity index (χ0n) is 15.4. The van der Waals surface area contributed by atoms with Crippen LogP contribution in [-0.4, -0.2) is 55.9 Å². The number of hydrogen-bond donors (Lipinski definition) is 4. The van der Waals surface area contributed by atoms with E-state index < -0.39 is 0 Å². The molecule has 0 aromatic heterocycles. The van der Waals surface area contributed by atoms with Gasteiger partial charge in [-0.05, 0) is 12.0 Å². The molecule has 0 aliphatic carbocycles. The third-order valence-corrected chi connectivity index (χ3v) is 3.89. The summed E-state index contributed by atoms with van der Waals surface area (Å²) in [6.45, 7) is 3.76. The van der Waals surface area contributed by atoms with Gasteiger partial charge in [0.2, 0.25) is 5.91 Å². The third kappa shape index (κ3) is 8.30. The van der Waals surface area contributed by atoms with Crippen LogP contribution in [0.1, 0.15) is 30.9 Å². The number of carbonyl (C=O) groups excluding carboxylic acids is 2. The van der Waals surface area contributed by atoms with Gasteiger partial charge in [-0.15, -0.1) is 0 Å². The summed E-state index contributed by atoms with van der Waals surface area (Å²) in [7, 11) is 4.03. The molecule has 0 bridgehead atoms. The number of unbranched alkanes of at least 4 members (excludes halogenated alkanes) is 1. The van der Waals surface area contributed by atoms with Gasteiger partial charge in [0.15, 0.2) is 6.54 Å². The average molecular weight is 348 g/mol. The molecule has 0 heterocycles. The predicted octanol–water partition coefficient (Wildman–Crippen LogP) is 0.580. The van der Waals surface area contributed by atoms with Crippen LogP contribution in [0.4, 0.5) is 0 Å². The summed E-state index contributed by atoms with van der Waals surface area (Å²) in [5.41, 5.74) is 6.95. The van der Waals surface area contributed by atoms with Crippen molar-refractivity contribution < 1.29 is 14.1 Å². The molecule has 0 spiro atoms. The van der Waals surface area contributed by atoms with Crippen LogP contribution in [0, 0.1) is 5.41 Å². The number of amides is 2. The second-order valence-electron chi connectivity index (χ2n) is 6.84. The normalized spacial score (nSPS) is 11.0. The molecule has 1 aromatic rings. The number of hydrogen-bond acceptors (Lipinski definition) is 3. The van der Waals surface area contributed by atoms with Gasteiger partial charge in [-0.2, -0.15) is 0 Å². The second-order valence-corrected chi connectivity index (χ2v) is 6.84. The van der Waals surface area contributed by atoms with Crippen LogP contribution in [-0.2, 0) is 16.1 Å². The summed E-state index contributed by atoms with van der Waals surface area (Å²) < 4.78 is 0.615. The number of likely N-dealkylation sites (N-methyl/N-ethyl adjacent to an activating group) is 1. The van der Waals surface area contributed by atoms with Gasteiger partial charge in [0, 0.05) is 12.1 Å². The Balaban J connectivity index is 2.32. The number of nitrogens with two attached hydrogens (primary N) is 1. The van der Waals surface area contributed by atoms with Crippen molar-refractivity contribution in [3.05, 3.63) is 35.4 Å². The van der Waals surface area contributed by atoms with Crippen LogP contribution in [0.25, 0.3) is 0 Å². The van der Waals surface area contributed by atoms with E-state index >= 15 is 0 Å². The van der Waals surface area contributed by atoms with Gasteiger partial charge in [-0.3, -0.25) is 15.0 Å². The monoisotopic (exact) mass is 348 g/mol. The van der Waals surface area contributed by atoms with Crippen molar-refractivity contribution in [1.29, 1.82) is 5.41 Å². The van der Waals surface area contributed by atoms with Gasteiger partial charge < -0.3 is 20.9 Å². The van der Waals surface area contributed by atoms with E-state index in [1.165, 1.54) is 0 Å². The van der Waals surface area contributed by atoms with Crippen LogP contribution in [0.2, 0.25) is 0 Å². The fraction of sp³-hybridized carbons (Fsp3) is 0.500. The van der Waals surface area contributed by atoms with Gasteiger partial charge in [0.05, 0.1) is 27.2 Å². The van der Waals surface area contributed by atoms with E-state index in [0.29, 0.717) is 23.1 Å². The van der Waals surface area contributed by atoms with Crippen molar-refractivity contribution in [2.75, 3.05) is 33.7 Å². The Bertz CT molecular complexity index is 596. The highest BCUT2D eigenvalue weighted by Crippen LogP contribution is 2.03. The molecule has 25 heavy (non-hydrogen) atoms. The lowest BCUT2D eigenvalue weighted by Gasteiger charge is -2.28. The van der Waals surface area contributed by atoms with Crippen molar-refractivity contribution >= 4 is 17.6 Å². The highest BCUT2D eigenvalue weighted by atomic mass is 16.2. The number of nitrogen functional groups attached to an aromatic ring is 1. The highest BCUT2D eigenvalue weighted by Gasteiger charge is 2.19. The minimum absolute atomic E-state index is 0.0126. The Hall–Kier alpha value is -2.41. The quantitative estimate of drug-likeness (QED) is 0.282. The first-order valence-corrected chi connectivity index (χ1v) is 8.52. The number of nitrogens with zero attached hydrogens (tertiary/aromatic N) is 1. The molecule has 1 aromatic carbocycles. The summed E-state index contributed by atoms with van der Waals surface area (Å²) in [6, 6.07) is 7.09. The van der Waals surface area contributed by atoms with Crippen LogP contribution in [0.5, 0.6) is 0 Å². The molecule has 2 amide bonds. The van der Waals surface area contributed by atoms with Crippen molar-refractivity contribution in [3.63, 3.8) is 0 Å². The van der Waals surface area contributed by atoms with E-state index in [4.69, 9.17) is 11.1 Å². The topological polar surface area (TPSA) is 108 Å². The number of carbonyl (C=O) groups is 2. The lowest BCUT2D eigenvalue weighted by Crippen LogP contribution is -2.49. The maximum Gasteiger partial charge on any atom is 0.275 e. The molecular weight excluding hydrogens is 318 g/mol. The summed E-state index contributed by atoms with van der Waals surface area (Å²) in [5.74, 6) is -0.344. The largest absolute Gasteiger partial charge is 0.384 e. The summed E-state index contributed by atoms with van der Waals surface area (Å²) in [5, 5.41) is 12.8. The Morgan fingerprint density at radius 1 is 1.12 bits per heavy atom. The molecule has 0 fully saturated rings. The molecule has 1 rings (SSSR count). The molecule has 5 N–H and O–H groups in total. The smallest absolute Gasteiger partial charge is 0.275 e. The molecular formula is C18H30N5O2+. The van der Waals surface area contributed by atoms with Gasteiger partial charge >= 0.3 is 0 Å². The maximum absolute atomic E-state index is 12.0. The van der Waals surface area contributed by atoms with Gasteiger partial charge in [0.25, 0.3) is 5.91 Å². The fourth-order valence-electron chi connectivity index (χ4n) is 2.35. The first kappa shape index (κ1) is 20.6. The Morgan fingerprint density at radius 2 is 1.76 bits per heavy atom. The van der Waals surface area contributed by atoms with Gasteiger partial charge in [0.1, 0.15) is 5.84 Å². The Kier molecular flexibility index (Phi) is 8.07. The van der Waals surface area contributed by atoms with Crippen LogP contribution in [0.15, 0.2) is 24.3 Å². The Labute approximate surface area is 149 Å². The number of amidine groups is 1. The van der Waals surface area contributed by atoms with Crippen LogP contribution >= 0.6 is 0 Å². The standard InChI is InChI=1S/C18H29N5O2/c1-4-5-10-23(2,3)13-17(25)22-12-16(24)21-11-14-6-8-15(9-7-14)18(19)20/h6-9H,4-5,10-13H2,1-3H3,(H4-,19,20,21,22,24,25)/p+1. The van der Waals surface area contributed by atoms with E-state index in [9.17, 15) is 9.59 Å². The van der Waals surface area contributed by atoms with Crippen LogP contribution < -0.4 is 16.4 Å². The molecule has 7 nitrogen and oxygen atoms in total. The minimum Gasteiger partial charge on any atom is -0.384 e. The molecule has 0 unspecified atom stereocenters. The summed E-state index contributed by atoms with van der Waals surface area (Å²) in [6.07, 6.45) is 2.17. The summed E-state index contributed by atoms with van der Waals surface area (Å²) >= 11 is 0. The Morgan fingerprint density at radius 3 is 2.32 bits per heavy atom. The molecule has 0 aliphatic rings. The van der Waals surface area contributed by atoms with E-state index in [-0.39, 0.29) is 24.2 Å². The van der Waals surface area contributed by atoms with E-state index in [2.05, 4.69) is 17.6 Å². The maximum atomic E-state index is 12.0. The first-order chi connectivity index (χ1) is 11.7. The van der Waals surface area contributed by atoms with Crippen molar-refractivity contribution in [2.45, 2.75) is 26.3 Å². The fourth-order valence-corrected chi connectivity index (χ4v) is 2.35. The zero-order valence-corrected chi connectivity index (χ0v) is 15.4. The van der Waals surface area contributed by atoms with E-state index in [1.807, 2.05) is 26.2 Å². The third-order valence-electron chi connectivity index (χ3n) is 3.89. The first-order valence-electron chi connectivity index (χ1n) is 8.52. The second kappa shape index (κ2) is 9.78. The van der Waals surface area contributed by atoms with Crippen molar-refractivity contribution in [2.24, 2.45) is 5.73 Å². The molecule has 7 heteroatoms. The summed E-state index contributed by atoms with van der Waals surface area (Å²) in [4.78, 5) is 23.8. The lowest BCUT2D eigenvalue weighted by molar-refractivity contribution is -0.882. The van der Waals surface area contributed by atoms with E-state index in [0.717, 1.165) is 24.9 Å². The number of quaternary nitrogens is 1. The number of benzene rings is 1. The van der Waals surface area contributed by atoms with Crippen molar-refractivity contribution in [3.8, 4) is 0 Å². The van der Waals surface area contributed by atoms with Gasteiger partial charge in [-0.1, -0.05) is 37.6 Å².